The molecule has 0 aromatic carbocycles. The molecule has 1 aromatic heterocycles. The molecule has 80 valence electrons. The van der Waals surface area contributed by atoms with Crippen LogP contribution in [0.4, 0.5) is 0 Å². The third-order valence-electron chi connectivity index (χ3n) is 1.67. The van der Waals surface area contributed by atoms with Crippen molar-refractivity contribution < 1.29 is 9.53 Å². The Morgan fingerprint density at radius 3 is 3.07 bits per heavy atom. The molecular formula is C11H13NO2S. The van der Waals surface area contributed by atoms with Crippen molar-refractivity contribution >= 4 is 23.8 Å². The molecular weight excluding hydrogens is 210 g/mol. The Labute approximate surface area is 93.5 Å². The number of pyridine rings is 1. The second-order valence-corrected chi connectivity index (χ2v) is 3.62. The minimum absolute atomic E-state index is 0.327. The van der Waals surface area contributed by atoms with Crippen molar-refractivity contribution in [2.75, 3.05) is 12.9 Å². The summed E-state index contributed by atoms with van der Waals surface area (Å²) in [5, 5.41) is 0. The highest BCUT2D eigenvalue weighted by atomic mass is 32.2. The van der Waals surface area contributed by atoms with Gasteiger partial charge in [0, 0.05) is 23.4 Å². The van der Waals surface area contributed by atoms with Gasteiger partial charge in [-0.05, 0) is 30.9 Å². The summed E-state index contributed by atoms with van der Waals surface area (Å²) in [7, 11) is 0. The number of aromatic nitrogens is 1. The highest BCUT2D eigenvalue weighted by Crippen LogP contribution is 2.14. The summed E-state index contributed by atoms with van der Waals surface area (Å²) in [6.45, 7) is 2.17. The Kier molecular flexibility index (Phi) is 4.90. The van der Waals surface area contributed by atoms with Crippen LogP contribution in [0.15, 0.2) is 29.4 Å². The van der Waals surface area contributed by atoms with Gasteiger partial charge in [0.2, 0.25) is 0 Å². The predicted molar refractivity (Wildman–Crippen MR) is 61.7 cm³/mol. The molecule has 0 aliphatic carbocycles. The van der Waals surface area contributed by atoms with Crippen molar-refractivity contribution in [3.8, 4) is 0 Å². The molecule has 0 aliphatic heterocycles. The van der Waals surface area contributed by atoms with E-state index in [1.807, 2.05) is 12.3 Å². The second-order valence-electron chi connectivity index (χ2n) is 2.74. The summed E-state index contributed by atoms with van der Waals surface area (Å²) >= 11 is 1.61. The van der Waals surface area contributed by atoms with Gasteiger partial charge in [-0.15, -0.1) is 11.8 Å². The maximum absolute atomic E-state index is 11.0. The predicted octanol–water partition coefficient (Wildman–Crippen LogP) is 2.38. The molecule has 0 bridgehead atoms. The number of carbonyl (C=O) groups excluding carboxylic acids is 1. The van der Waals surface area contributed by atoms with Gasteiger partial charge in [-0.2, -0.15) is 0 Å². The topological polar surface area (TPSA) is 39.2 Å². The van der Waals surface area contributed by atoms with E-state index in [0.717, 1.165) is 10.5 Å². The lowest BCUT2D eigenvalue weighted by atomic mass is 10.2. The van der Waals surface area contributed by atoms with Crippen molar-refractivity contribution in [2.45, 2.75) is 11.8 Å². The first-order chi connectivity index (χ1) is 7.26. The first kappa shape index (κ1) is 11.8. The Balaban J connectivity index is 2.67. The van der Waals surface area contributed by atoms with Crippen molar-refractivity contribution in [1.29, 1.82) is 0 Å². The van der Waals surface area contributed by atoms with Gasteiger partial charge in [-0.3, -0.25) is 4.98 Å². The Bertz CT molecular complexity index is 363. The number of thioether (sulfide) groups is 1. The third-order valence-corrected chi connectivity index (χ3v) is 2.36. The highest BCUT2D eigenvalue weighted by Gasteiger charge is 1.95. The van der Waals surface area contributed by atoms with Gasteiger partial charge < -0.3 is 4.74 Å². The maximum atomic E-state index is 11.0. The van der Waals surface area contributed by atoms with E-state index in [9.17, 15) is 4.79 Å². The lowest BCUT2D eigenvalue weighted by Crippen LogP contribution is -1.98. The molecule has 0 radical (unpaired) electrons. The molecule has 0 saturated heterocycles. The van der Waals surface area contributed by atoms with E-state index in [-0.39, 0.29) is 5.97 Å². The van der Waals surface area contributed by atoms with Crippen LogP contribution >= 0.6 is 11.8 Å². The Hall–Kier alpha value is -1.29. The number of hydrogen-bond acceptors (Lipinski definition) is 4. The Morgan fingerprint density at radius 1 is 1.60 bits per heavy atom. The van der Waals surface area contributed by atoms with Gasteiger partial charge in [0.25, 0.3) is 0 Å². The normalized spacial score (nSPS) is 10.5. The second kappa shape index (κ2) is 6.24. The first-order valence-corrected chi connectivity index (χ1v) is 5.82. The molecule has 0 atom stereocenters. The number of ether oxygens (including phenoxy) is 1. The van der Waals surface area contributed by atoms with E-state index in [0.29, 0.717) is 6.61 Å². The molecule has 1 heterocycles. The molecule has 0 fully saturated rings. The monoisotopic (exact) mass is 223 g/mol. The van der Waals surface area contributed by atoms with Gasteiger partial charge in [-0.1, -0.05) is 0 Å². The maximum Gasteiger partial charge on any atom is 0.330 e. The van der Waals surface area contributed by atoms with Gasteiger partial charge in [0.1, 0.15) is 0 Å². The lowest BCUT2D eigenvalue weighted by Gasteiger charge is -1.97. The number of esters is 1. The molecule has 4 heteroatoms. The molecule has 0 saturated carbocycles. The lowest BCUT2D eigenvalue weighted by molar-refractivity contribution is -0.137. The first-order valence-electron chi connectivity index (χ1n) is 4.60. The number of carbonyl (C=O) groups is 1. The van der Waals surface area contributed by atoms with E-state index in [1.54, 1.807) is 37.2 Å². The number of rotatable bonds is 4. The summed E-state index contributed by atoms with van der Waals surface area (Å²) in [5.41, 5.74) is 0.898. The molecule has 1 rings (SSSR count). The van der Waals surface area contributed by atoms with E-state index in [2.05, 4.69) is 4.98 Å². The molecule has 0 aliphatic rings. The van der Waals surface area contributed by atoms with Gasteiger partial charge in [-0.25, -0.2) is 4.79 Å². The standard InChI is InChI=1S/C11H13NO2S/c1-3-14-11(13)5-4-9-6-10(15-2)8-12-7-9/h4-8H,3H2,1-2H3/b5-4+. The zero-order valence-electron chi connectivity index (χ0n) is 8.77. The third kappa shape index (κ3) is 4.16. The zero-order valence-corrected chi connectivity index (χ0v) is 9.58. The molecule has 3 nitrogen and oxygen atoms in total. The van der Waals surface area contributed by atoms with Crippen LogP contribution in [0.5, 0.6) is 0 Å². The number of hydrogen-bond donors (Lipinski definition) is 0. The molecule has 0 N–H and O–H groups in total. The highest BCUT2D eigenvalue weighted by molar-refractivity contribution is 7.98. The van der Waals surface area contributed by atoms with Crippen molar-refractivity contribution in [1.82, 2.24) is 4.98 Å². The SMILES string of the molecule is CCOC(=O)/C=C/c1cncc(SC)c1. The number of nitrogens with zero attached hydrogens (tertiary/aromatic N) is 1. The molecule has 15 heavy (non-hydrogen) atoms. The summed E-state index contributed by atoms with van der Waals surface area (Å²) in [5.74, 6) is -0.327. The van der Waals surface area contributed by atoms with Crippen molar-refractivity contribution in [2.24, 2.45) is 0 Å². The summed E-state index contributed by atoms with van der Waals surface area (Å²) < 4.78 is 4.77. The zero-order chi connectivity index (χ0) is 11.1. The van der Waals surface area contributed by atoms with Gasteiger partial charge >= 0.3 is 5.97 Å². The van der Waals surface area contributed by atoms with Crippen molar-refractivity contribution in [3.63, 3.8) is 0 Å². The summed E-state index contributed by atoms with van der Waals surface area (Å²) in [4.78, 5) is 16.2. The van der Waals surface area contributed by atoms with Crippen LogP contribution in [0, 0.1) is 0 Å². The van der Waals surface area contributed by atoms with E-state index < -0.39 is 0 Å². The fourth-order valence-electron chi connectivity index (χ4n) is 0.993. The van der Waals surface area contributed by atoms with Crippen LogP contribution in [-0.2, 0) is 9.53 Å². The summed E-state index contributed by atoms with van der Waals surface area (Å²) in [6.07, 6.45) is 8.58. The average Bonchev–Trinajstić information content (AvgIpc) is 2.27. The van der Waals surface area contributed by atoms with Crippen LogP contribution in [0.3, 0.4) is 0 Å². The van der Waals surface area contributed by atoms with Crippen LogP contribution in [-0.4, -0.2) is 23.8 Å². The van der Waals surface area contributed by atoms with E-state index in [4.69, 9.17) is 4.74 Å². The average molecular weight is 223 g/mol. The quantitative estimate of drug-likeness (QED) is 0.446. The minimum atomic E-state index is -0.327. The van der Waals surface area contributed by atoms with E-state index in [1.165, 1.54) is 6.08 Å². The van der Waals surface area contributed by atoms with Crippen LogP contribution in [0.2, 0.25) is 0 Å². The molecule has 0 spiro atoms. The Morgan fingerprint density at radius 2 is 2.40 bits per heavy atom. The van der Waals surface area contributed by atoms with Gasteiger partial charge in [0.15, 0.2) is 0 Å². The minimum Gasteiger partial charge on any atom is -0.463 e. The smallest absolute Gasteiger partial charge is 0.330 e. The van der Waals surface area contributed by atoms with Gasteiger partial charge in [0.05, 0.1) is 6.61 Å². The molecule has 0 unspecified atom stereocenters. The van der Waals surface area contributed by atoms with Crippen LogP contribution in [0.1, 0.15) is 12.5 Å². The summed E-state index contributed by atoms with van der Waals surface area (Å²) in [6, 6.07) is 1.97. The molecule has 0 amide bonds. The van der Waals surface area contributed by atoms with Crippen molar-refractivity contribution in [3.05, 3.63) is 30.1 Å². The fourth-order valence-corrected chi connectivity index (χ4v) is 1.41. The van der Waals surface area contributed by atoms with Crippen LogP contribution in [0.25, 0.3) is 6.08 Å². The largest absolute Gasteiger partial charge is 0.463 e. The van der Waals surface area contributed by atoms with E-state index >= 15 is 0 Å². The molecule has 1 aromatic rings. The fraction of sp³-hybridized carbons (Fsp3) is 0.273. The van der Waals surface area contributed by atoms with Crippen LogP contribution < -0.4 is 0 Å².